The van der Waals surface area contributed by atoms with Crippen molar-refractivity contribution in [1.29, 1.82) is 0 Å². The summed E-state index contributed by atoms with van der Waals surface area (Å²) >= 11 is 0. The van der Waals surface area contributed by atoms with Gasteiger partial charge in [-0.05, 0) is 19.1 Å². The Kier molecular flexibility index (Phi) is 3.24. The SMILES string of the molecule is CC#CCn1c(-c2cccc(F)c2)nc2c(N)ncnc21. The van der Waals surface area contributed by atoms with Crippen LogP contribution in [0.1, 0.15) is 6.92 Å². The van der Waals surface area contributed by atoms with E-state index in [1.165, 1.54) is 18.5 Å². The third kappa shape index (κ3) is 2.30. The first-order valence-corrected chi connectivity index (χ1v) is 6.33. The van der Waals surface area contributed by atoms with Crippen molar-refractivity contribution in [2.24, 2.45) is 0 Å². The molecule has 0 atom stereocenters. The van der Waals surface area contributed by atoms with Crippen molar-refractivity contribution in [2.45, 2.75) is 13.5 Å². The normalized spacial score (nSPS) is 10.4. The van der Waals surface area contributed by atoms with E-state index >= 15 is 0 Å². The molecule has 0 aliphatic rings. The summed E-state index contributed by atoms with van der Waals surface area (Å²) in [6.45, 7) is 2.15. The summed E-state index contributed by atoms with van der Waals surface area (Å²) < 4.78 is 15.3. The minimum absolute atomic E-state index is 0.292. The molecule has 0 unspecified atom stereocenters. The molecule has 2 heterocycles. The lowest BCUT2D eigenvalue weighted by Gasteiger charge is -2.04. The first-order chi connectivity index (χ1) is 10.2. The zero-order valence-electron chi connectivity index (χ0n) is 11.3. The molecule has 0 bridgehead atoms. The van der Waals surface area contributed by atoms with Crippen LogP contribution in [0.4, 0.5) is 10.2 Å². The van der Waals surface area contributed by atoms with Crippen LogP contribution in [0.3, 0.4) is 0 Å². The van der Waals surface area contributed by atoms with Gasteiger partial charge in [-0.3, -0.25) is 4.57 Å². The molecule has 0 amide bonds. The van der Waals surface area contributed by atoms with E-state index in [4.69, 9.17) is 5.73 Å². The molecule has 0 fully saturated rings. The molecular formula is C15H12FN5. The number of halogens is 1. The molecule has 1 aromatic carbocycles. The van der Waals surface area contributed by atoms with Crippen LogP contribution in [0.25, 0.3) is 22.6 Å². The highest BCUT2D eigenvalue weighted by Crippen LogP contribution is 2.25. The van der Waals surface area contributed by atoms with Crippen LogP contribution in [-0.2, 0) is 6.54 Å². The number of rotatable bonds is 2. The zero-order valence-corrected chi connectivity index (χ0v) is 11.3. The highest BCUT2D eigenvalue weighted by Gasteiger charge is 2.15. The van der Waals surface area contributed by atoms with E-state index in [-0.39, 0.29) is 5.82 Å². The van der Waals surface area contributed by atoms with Crippen molar-refractivity contribution in [3.8, 4) is 23.2 Å². The predicted octanol–water partition coefficient (Wildman–Crippen LogP) is 2.24. The third-order valence-corrected chi connectivity index (χ3v) is 3.06. The van der Waals surface area contributed by atoms with Crippen LogP contribution >= 0.6 is 0 Å². The molecule has 2 aromatic heterocycles. The first-order valence-electron chi connectivity index (χ1n) is 6.33. The molecular weight excluding hydrogens is 269 g/mol. The lowest BCUT2D eigenvalue weighted by molar-refractivity contribution is 0.628. The second-order valence-corrected chi connectivity index (χ2v) is 4.39. The van der Waals surface area contributed by atoms with Crippen molar-refractivity contribution in [2.75, 3.05) is 5.73 Å². The third-order valence-electron chi connectivity index (χ3n) is 3.06. The van der Waals surface area contributed by atoms with Crippen molar-refractivity contribution >= 4 is 17.0 Å². The molecule has 21 heavy (non-hydrogen) atoms. The number of hydrogen-bond donors (Lipinski definition) is 1. The van der Waals surface area contributed by atoms with Gasteiger partial charge >= 0.3 is 0 Å². The number of hydrogen-bond acceptors (Lipinski definition) is 4. The fraction of sp³-hybridized carbons (Fsp3) is 0.133. The van der Waals surface area contributed by atoms with E-state index < -0.39 is 0 Å². The van der Waals surface area contributed by atoms with Crippen molar-refractivity contribution < 1.29 is 4.39 Å². The van der Waals surface area contributed by atoms with Crippen LogP contribution in [0.5, 0.6) is 0 Å². The van der Waals surface area contributed by atoms with Gasteiger partial charge in [0.15, 0.2) is 17.0 Å². The van der Waals surface area contributed by atoms with E-state index in [2.05, 4.69) is 26.8 Å². The number of benzene rings is 1. The Bertz CT molecular complexity index is 873. The number of nitrogen functional groups attached to an aromatic ring is 1. The molecule has 2 N–H and O–H groups in total. The second kappa shape index (κ2) is 5.21. The highest BCUT2D eigenvalue weighted by molar-refractivity contribution is 5.85. The molecule has 3 rings (SSSR count). The maximum atomic E-state index is 13.5. The van der Waals surface area contributed by atoms with Gasteiger partial charge in [0.2, 0.25) is 0 Å². The quantitative estimate of drug-likeness (QED) is 0.731. The summed E-state index contributed by atoms with van der Waals surface area (Å²) in [4.78, 5) is 12.6. The molecule has 5 nitrogen and oxygen atoms in total. The van der Waals surface area contributed by atoms with Gasteiger partial charge in [-0.1, -0.05) is 18.1 Å². The molecule has 0 aliphatic heterocycles. The topological polar surface area (TPSA) is 69.6 Å². The zero-order chi connectivity index (χ0) is 14.8. The molecule has 6 heteroatoms. The molecule has 3 aromatic rings. The standard InChI is InChI=1S/C15H12FN5/c1-2-3-7-21-14(10-5-4-6-11(16)8-10)20-12-13(17)18-9-19-15(12)21/h4-6,8-9H,7H2,1H3,(H2,17,18,19). The van der Waals surface area contributed by atoms with Gasteiger partial charge in [-0.2, -0.15) is 0 Å². The lowest BCUT2D eigenvalue weighted by Crippen LogP contribution is -2.01. The van der Waals surface area contributed by atoms with E-state index in [0.717, 1.165) is 0 Å². The van der Waals surface area contributed by atoms with E-state index in [1.54, 1.807) is 23.6 Å². The first kappa shape index (κ1) is 13.1. The number of anilines is 1. The smallest absolute Gasteiger partial charge is 0.166 e. The van der Waals surface area contributed by atoms with Gasteiger partial charge in [0.1, 0.15) is 18.0 Å². The Labute approximate surface area is 120 Å². The number of fused-ring (bicyclic) bond motifs is 1. The summed E-state index contributed by atoms with van der Waals surface area (Å²) in [7, 11) is 0. The fourth-order valence-electron chi connectivity index (χ4n) is 2.11. The van der Waals surface area contributed by atoms with Crippen LogP contribution in [0.2, 0.25) is 0 Å². The number of aromatic nitrogens is 4. The number of nitrogens with zero attached hydrogens (tertiary/aromatic N) is 4. The average Bonchev–Trinajstić information content (AvgIpc) is 2.85. The second-order valence-electron chi connectivity index (χ2n) is 4.39. The van der Waals surface area contributed by atoms with Crippen molar-refractivity contribution in [3.63, 3.8) is 0 Å². The summed E-state index contributed by atoms with van der Waals surface area (Å²) in [5, 5.41) is 0. The van der Waals surface area contributed by atoms with E-state index in [1.807, 2.05) is 0 Å². The largest absolute Gasteiger partial charge is 0.382 e. The summed E-state index contributed by atoms with van der Waals surface area (Å²) in [5.41, 5.74) is 7.56. The molecule has 0 radical (unpaired) electrons. The fourth-order valence-corrected chi connectivity index (χ4v) is 2.11. The Hall–Kier alpha value is -2.94. The lowest BCUT2D eigenvalue weighted by atomic mass is 10.2. The highest BCUT2D eigenvalue weighted by atomic mass is 19.1. The Morgan fingerprint density at radius 2 is 2.19 bits per heavy atom. The summed E-state index contributed by atoms with van der Waals surface area (Å²) in [5.74, 6) is 6.33. The molecule has 0 aliphatic carbocycles. The predicted molar refractivity (Wildman–Crippen MR) is 78.6 cm³/mol. The van der Waals surface area contributed by atoms with Gasteiger partial charge in [-0.25, -0.2) is 19.3 Å². The molecule has 0 saturated carbocycles. The summed E-state index contributed by atoms with van der Waals surface area (Å²) in [6, 6.07) is 6.22. The number of nitrogens with two attached hydrogens (primary N) is 1. The van der Waals surface area contributed by atoms with Crippen molar-refractivity contribution in [3.05, 3.63) is 36.4 Å². The number of imidazole rings is 1. The Morgan fingerprint density at radius 1 is 1.33 bits per heavy atom. The maximum absolute atomic E-state index is 13.5. The van der Waals surface area contributed by atoms with Crippen LogP contribution in [0.15, 0.2) is 30.6 Å². The molecule has 0 saturated heterocycles. The van der Waals surface area contributed by atoms with E-state index in [0.29, 0.717) is 34.9 Å². The minimum Gasteiger partial charge on any atom is -0.382 e. The van der Waals surface area contributed by atoms with Gasteiger partial charge < -0.3 is 5.73 Å². The van der Waals surface area contributed by atoms with Crippen molar-refractivity contribution in [1.82, 2.24) is 19.5 Å². The van der Waals surface area contributed by atoms with Gasteiger partial charge in [0.25, 0.3) is 0 Å². The van der Waals surface area contributed by atoms with Gasteiger partial charge in [0, 0.05) is 5.56 Å². The van der Waals surface area contributed by atoms with E-state index in [9.17, 15) is 4.39 Å². The van der Waals surface area contributed by atoms with Crippen LogP contribution in [-0.4, -0.2) is 19.5 Å². The van der Waals surface area contributed by atoms with Gasteiger partial charge in [-0.15, -0.1) is 5.92 Å². The molecule has 104 valence electrons. The Morgan fingerprint density at radius 3 is 2.95 bits per heavy atom. The molecule has 0 spiro atoms. The minimum atomic E-state index is -0.327. The van der Waals surface area contributed by atoms with Crippen LogP contribution < -0.4 is 5.73 Å². The maximum Gasteiger partial charge on any atom is 0.166 e. The Balaban J connectivity index is 2.29. The van der Waals surface area contributed by atoms with Gasteiger partial charge in [0.05, 0.1) is 6.54 Å². The van der Waals surface area contributed by atoms with Crippen LogP contribution in [0, 0.1) is 17.7 Å². The summed E-state index contributed by atoms with van der Waals surface area (Å²) in [6.07, 6.45) is 1.38. The monoisotopic (exact) mass is 281 g/mol. The average molecular weight is 281 g/mol.